The van der Waals surface area contributed by atoms with Gasteiger partial charge in [-0.05, 0) is 6.42 Å². The molecule has 174 valence electrons. The van der Waals surface area contributed by atoms with Crippen molar-refractivity contribution in [3.05, 3.63) is 0 Å². The van der Waals surface area contributed by atoms with Gasteiger partial charge in [0.2, 0.25) is 5.91 Å². The Labute approximate surface area is 178 Å². The zero-order valence-electron chi connectivity index (χ0n) is 17.6. The second-order valence-electron chi connectivity index (χ2n) is 5.92. The van der Waals surface area contributed by atoms with Crippen molar-refractivity contribution in [2.75, 3.05) is 85.8 Å². The summed E-state index contributed by atoms with van der Waals surface area (Å²) < 4.78 is 31.8. The zero-order valence-corrected chi connectivity index (χ0v) is 17.6. The fourth-order valence-electron chi connectivity index (χ4n) is 1.94. The fraction of sp³-hybridized carbons (Fsp3) is 0.800. The van der Waals surface area contributed by atoms with E-state index in [2.05, 4.69) is 11.2 Å². The molecule has 0 fully saturated rings. The van der Waals surface area contributed by atoms with Crippen LogP contribution in [0.2, 0.25) is 0 Å². The van der Waals surface area contributed by atoms with E-state index in [1.54, 1.807) is 0 Å². The number of aliphatic carboxylic acids is 1. The van der Waals surface area contributed by atoms with Crippen LogP contribution in [0, 0.1) is 12.3 Å². The van der Waals surface area contributed by atoms with Crippen LogP contribution >= 0.6 is 0 Å². The molecule has 0 unspecified atom stereocenters. The van der Waals surface area contributed by atoms with Crippen molar-refractivity contribution < 1.29 is 43.1 Å². The number of amides is 1. The van der Waals surface area contributed by atoms with Gasteiger partial charge < -0.3 is 38.8 Å². The third-order valence-corrected chi connectivity index (χ3v) is 3.40. The summed E-state index contributed by atoms with van der Waals surface area (Å²) in [6, 6.07) is 0. The zero-order chi connectivity index (χ0) is 22.1. The second-order valence-corrected chi connectivity index (χ2v) is 5.92. The highest BCUT2D eigenvalue weighted by molar-refractivity contribution is 5.80. The molecular weight excluding hydrogens is 398 g/mol. The summed E-state index contributed by atoms with van der Waals surface area (Å²) in [4.78, 5) is 21.6. The van der Waals surface area contributed by atoms with Crippen molar-refractivity contribution in [2.24, 2.45) is 0 Å². The average Bonchev–Trinajstić information content (AvgIpc) is 2.73. The topological polar surface area (TPSA) is 122 Å². The van der Waals surface area contributed by atoms with Crippen LogP contribution in [0.4, 0.5) is 0 Å². The molecule has 0 aliphatic rings. The monoisotopic (exact) mass is 433 g/mol. The molecule has 0 saturated carbocycles. The number of terminal acetylenes is 1. The lowest BCUT2D eigenvalue weighted by atomic mass is 10.3. The number of ether oxygens (including phenoxy) is 6. The summed E-state index contributed by atoms with van der Waals surface area (Å²) in [6.07, 6.45) is 5.55. The normalized spacial score (nSPS) is 10.6. The second kappa shape index (κ2) is 23.5. The van der Waals surface area contributed by atoms with E-state index in [9.17, 15) is 9.59 Å². The number of carbonyl (C=O) groups excluding carboxylic acids is 1. The Hall–Kier alpha value is -1.74. The van der Waals surface area contributed by atoms with E-state index in [1.807, 2.05) is 0 Å². The number of carboxylic acid groups (broad SMARTS) is 1. The van der Waals surface area contributed by atoms with Crippen LogP contribution in [0.25, 0.3) is 0 Å². The molecule has 0 aliphatic heterocycles. The van der Waals surface area contributed by atoms with Crippen LogP contribution in [0.3, 0.4) is 0 Å². The number of hydrogen-bond donors (Lipinski definition) is 2. The molecule has 0 rings (SSSR count). The van der Waals surface area contributed by atoms with Crippen molar-refractivity contribution in [1.29, 1.82) is 0 Å². The Morgan fingerprint density at radius 1 is 0.700 bits per heavy atom. The molecule has 0 aromatic rings. The lowest BCUT2D eigenvalue weighted by Gasteiger charge is -2.08. The number of rotatable bonds is 23. The third kappa shape index (κ3) is 24.3. The highest BCUT2D eigenvalue weighted by Gasteiger charge is 2.04. The standard InChI is InChI=1S/C20H35NO9/c1-2-7-25-9-11-27-13-15-29-17-18-30-16-14-28-12-10-26-8-3-6-21-19(22)4-5-20(23)24/h1H,3-18H2,(H,21,22)(H,23,24). The van der Waals surface area contributed by atoms with Crippen molar-refractivity contribution in [3.8, 4) is 12.3 Å². The maximum Gasteiger partial charge on any atom is 0.303 e. The molecule has 2 N–H and O–H groups in total. The molecule has 30 heavy (non-hydrogen) atoms. The van der Waals surface area contributed by atoms with E-state index in [-0.39, 0.29) is 18.7 Å². The number of hydrogen-bond acceptors (Lipinski definition) is 8. The number of nitrogens with one attached hydrogen (secondary N) is 1. The number of carboxylic acids is 1. The highest BCUT2D eigenvalue weighted by Crippen LogP contribution is 1.89. The minimum absolute atomic E-state index is 0.00328. The van der Waals surface area contributed by atoms with Crippen LogP contribution in [0.1, 0.15) is 19.3 Å². The number of carbonyl (C=O) groups is 2. The predicted molar refractivity (Wildman–Crippen MR) is 108 cm³/mol. The molecule has 1 amide bonds. The molecule has 0 aromatic carbocycles. The van der Waals surface area contributed by atoms with Gasteiger partial charge in [-0.3, -0.25) is 9.59 Å². The largest absolute Gasteiger partial charge is 0.481 e. The molecule has 0 heterocycles. The Morgan fingerprint density at radius 2 is 1.13 bits per heavy atom. The van der Waals surface area contributed by atoms with Crippen LogP contribution < -0.4 is 5.32 Å². The Balaban J connectivity index is 3.09. The summed E-state index contributed by atoms with van der Waals surface area (Å²) in [7, 11) is 0. The van der Waals surface area contributed by atoms with Crippen molar-refractivity contribution in [2.45, 2.75) is 19.3 Å². The van der Waals surface area contributed by atoms with E-state index in [4.69, 9.17) is 40.0 Å². The summed E-state index contributed by atoms with van der Waals surface area (Å²) in [5.74, 6) is 1.14. The fourth-order valence-corrected chi connectivity index (χ4v) is 1.94. The smallest absolute Gasteiger partial charge is 0.303 e. The molecule has 0 radical (unpaired) electrons. The van der Waals surface area contributed by atoms with Crippen LogP contribution in [0.5, 0.6) is 0 Å². The van der Waals surface area contributed by atoms with Crippen molar-refractivity contribution in [3.63, 3.8) is 0 Å². The van der Waals surface area contributed by atoms with Gasteiger partial charge in [-0.2, -0.15) is 0 Å². The van der Waals surface area contributed by atoms with Gasteiger partial charge in [0.1, 0.15) is 6.61 Å². The lowest BCUT2D eigenvalue weighted by molar-refractivity contribution is -0.138. The van der Waals surface area contributed by atoms with E-state index >= 15 is 0 Å². The SMILES string of the molecule is C#CCOCCOCCOCCOCCOCCOCCCNC(=O)CCC(=O)O. The molecule has 0 aliphatic carbocycles. The van der Waals surface area contributed by atoms with E-state index in [0.29, 0.717) is 92.2 Å². The summed E-state index contributed by atoms with van der Waals surface area (Å²) in [5.41, 5.74) is 0. The Kier molecular flexibility index (Phi) is 22.2. The average molecular weight is 433 g/mol. The van der Waals surface area contributed by atoms with Gasteiger partial charge in [0.15, 0.2) is 0 Å². The quantitative estimate of drug-likeness (QED) is 0.170. The Bertz CT molecular complexity index is 454. The molecule has 0 aromatic heterocycles. The maximum atomic E-state index is 11.3. The summed E-state index contributed by atoms with van der Waals surface area (Å²) in [6.45, 7) is 6.10. The van der Waals surface area contributed by atoms with E-state index in [1.165, 1.54) is 0 Å². The first kappa shape index (κ1) is 28.3. The van der Waals surface area contributed by atoms with Gasteiger partial charge >= 0.3 is 5.97 Å². The summed E-state index contributed by atoms with van der Waals surface area (Å²) >= 11 is 0. The molecule has 0 bridgehead atoms. The minimum Gasteiger partial charge on any atom is -0.481 e. The molecule has 10 heteroatoms. The highest BCUT2D eigenvalue weighted by atomic mass is 16.6. The van der Waals surface area contributed by atoms with Gasteiger partial charge in [0.05, 0.1) is 72.5 Å². The first-order valence-corrected chi connectivity index (χ1v) is 10.0. The van der Waals surface area contributed by atoms with Gasteiger partial charge in [0, 0.05) is 19.6 Å². The molecular formula is C20H35NO9. The van der Waals surface area contributed by atoms with Crippen molar-refractivity contribution >= 4 is 11.9 Å². The lowest BCUT2D eigenvalue weighted by Crippen LogP contribution is -2.25. The molecule has 0 atom stereocenters. The van der Waals surface area contributed by atoms with Crippen LogP contribution in [-0.4, -0.2) is 103 Å². The van der Waals surface area contributed by atoms with Crippen molar-refractivity contribution in [1.82, 2.24) is 5.32 Å². The van der Waals surface area contributed by atoms with Crippen LogP contribution in [0.15, 0.2) is 0 Å². The predicted octanol–water partition coefficient (Wildman–Crippen LogP) is 0.0903. The Morgan fingerprint density at radius 3 is 1.57 bits per heavy atom. The molecule has 0 saturated heterocycles. The van der Waals surface area contributed by atoms with Crippen LogP contribution in [-0.2, 0) is 38.0 Å². The third-order valence-electron chi connectivity index (χ3n) is 3.40. The van der Waals surface area contributed by atoms with Gasteiger partial charge in [-0.1, -0.05) is 5.92 Å². The minimum atomic E-state index is -0.979. The van der Waals surface area contributed by atoms with E-state index < -0.39 is 5.97 Å². The van der Waals surface area contributed by atoms with E-state index in [0.717, 1.165) is 0 Å². The first-order chi connectivity index (χ1) is 14.7. The maximum absolute atomic E-state index is 11.3. The molecule has 10 nitrogen and oxygen atoms in total. The van der Waals surface area contributed by atoms with Gasteiger partial charge in [-0.25, -0.2) is 0 Å². The molecule has 0 spiro atoms. The first-order valence-electron chi connectivity index (χ1n) is 10.0. The van der Waals surface area contributed by atoms with Gasteiger partial charge in [-0.15, -0.1) is 6.42 Å². The van der Waals surface area contributed by atoms with Gasteiger partial charge in [0.25, 0.3) is 0 Å². The summed E-state index contributed by atoms with van der Waals surface area (Å²) in [5, 5.41) is 11.1.